The van der Waals surface area contributed by atoms with Crippen molar-refractivity contribution in [2.45, 2.75) is 13.3 Å². The standard InChI is InChI=1S/C7H14O3S/c1-2-9-4-3-5-10-7(8)6-11/h11H,2-6H2,1H3. The van der Waals surface area contributed by atoms with Gasteiger partial charge in [-0.05, 0) is 6.92 Å². The van der Waals surface area contributed by atoms with E-state index in [1.165, 1.54) is 0 Å². The molecule has 3 nitrogen and oxygen atoms in total. The zero-order valence-corrected chi connectivity index (χ0v) is 7.60. The summed E-state index contributed by atoms with van der Waals surface area (Å²) in [5, 5.41) is 0. The molecule has 0 rings (SSSR count). The zero-order valence-electron chi connectivity index (χ0n) is 6.71. The number of hydrogen-bond acceptors (Lipinski definition) is 4. The molecule has 0 aromatic rings. The second-order valence-electron chi connectivity index (χ2n) is 1.93. The van der Waals surface area contributed by atoms with Crippen molar-refractivity contribution in [3.63, 3.8) is 0 Å². The van der Waals surface area contributed by atoms with Gasteiger partial charge in [0.25, 0.3) is 0 Å². The van der Waals surface area contributed by atoms with E-state index in [1.807, 2.05) is 6.92 Å². The summed E-state index contributed by atoms with van der Waals surface area (Å²) in [5.41, 5.74) is 0. The molecule has 0 saturated heterocycles. The van der Waals surface area contributed by atoms with Crippen LogP contribution < -0.4 is 0 Å². The van der Waals surface area contributed by atoms with E-state index in [9.17, 15) is 4.79 Å². The molecule has 0 spiro atoms. The molecule has 0 N–H and O–H groups in total. The summed E-state index contributed by atoms with van der Waals surface area (Å²) in [4.78, 5) is 10.5. The van der Waals surface area contributed by atoms with E-state index in [0.717, 1.165) is 6.42 Å². The van der Waals surface area contributed by atoms with Gasteiger partial charge >= 0.3 is 5.97 Å². The molecule has 0 aliphatic carbocycles. The molecule has 4 heteroatoms. The predicted molar refractivity (Wildman–Crippen MR) is 45.9 cm³/mol. The van der Waals surface area contributed by atoms with E-state index in [1.54, 1.807) is 0 Å². The van der Waals surface area contributed by atoms with Gasteiger partial charge in [0.15, 0.2) is 0 Å². The van der Waals surface area contributed by atoms with Gasteiger partial charge in [-0.1, -0.05) is 0 Å². The maximum Gasteiger partial charge on any atom is 0.315 e. The van der Waals surface area contributed by atoms with E-state index < -0.39 is 0 Å². The minimum atomic E-state index is -0.273. The van der Waals surface area contributed by atoms with Crippen LogP contribution in [-0.2, 0) is 14.3 Å². The monoisotopic (exact) mass is 178 g/mol. The Morgan fingerprint density at radius 3 is 2.73 bits per heavy atom. The van der Waals surface area contributed by atoms with Crippen LogP contribution in [0.1, 0.15) is 13.3 Å². The highest BCUT2D eigenvalue weighted by molar-refractivity contribution is 7.81. The first kappa shape index (κ1) is 10.8. The van der Waals surface area contributed by atoms with E-state index in [2.05, 4.69) is 12.6 Å². The lowest BCUT2D eigenvalue weighted by Gasteiger charge is -2.02. The van der Waals surface area contributed by atoms with Gasteiger partial charge in [-0.3, -0.25) is 4.79 Å². The summed E-state index contributed by atoms with van der Waals surface area (Å²) >= 11 is 3.75. The Morgan fingerprint density at radius 2 is 2.18 bits per heavy atom. The van der Waals surface area contributed by atoms with Crippen LogP contribution in [0.5, 0.6) is 0 Å². The van der Waals surface area contributed by atoms with Gasteiger partial charge in [0.2, 0.25) is 0 Å². The number of carbonyl (C=O) groups excluding carboxylic acids is 1. The van der Waals surface area contributed by atoms with Gasteiger partial charge in [-0.15, -0.1) is 0 Å². The Labute approximate surface area is 72.5 Å². The van der Waals surface area contributed by atoms with Crippen LogP contribution in [0.2, 0.25) is 0 Å². The third kappa shape index (κ3) is 7.68. The third-order valence-corrected chi connectivity index (χ3v) is 1.29. The number of hydrogen-bond donors (Lipinski definition) is 1. The SMILES string of the molecule is CCOCCCOC(=O)CS. The Hall–Kier alpha value is -0.220. The van der Waals surface area contributed by atoms with Crippen molar-refractivity contribution in [2.75, 3.05) is 25.6 Å². The van der Waals surface area contributed by atoms with Gasteiger partial charge in [-0.25, -0.2) is 0 Å². The average Bonchev–Trinajstić information content (AvgIpc) is 2.04. The lowest BCUT2D eigenvalue weighted by molar-refractivity contribution is -0.140. The molecule has 0 bridgehead atoms. The molecule has 0 atom stereocenters. The maximum absolute atomic E-state index is 10.5. The zero-order chi connectivity index (χ0) is 8.53. The van der Waals surface area contributed by atoms with Gasteiger partial charge < -0.3 is 9.47 Å². The normalized spacial score (nSPS) is 9.64. The maximum atomic E-state index is 10.5. The minimum absolute atomic E-state index is 0.147. The van der Waals surface area contributed by atoms with E-state index >= 15 is 0 Å². The number of carbonyl (C=O) groups is 1. The summed E-state index contributed by atoms with van der Waals surface area (Å²) in [6.07, 6.45) is 0.757. The van der Waals surface area contributed by atoms with Crippen molar-refractivity contribution in [3.8, 4) is 0 Å². The second-order valence-corrected chi connectivity index (χ2v) is 2.25. The molecule has 0 fully saturated rings. The molecule has 0 aromatic heterocycles. The molecule has 11 heavy (non-hydrogen) atoms. The number of thiol groups is 1. The Bertz CT molecular complexity index is 106. The Kier molecular flexibility index (Phi) is 7.72. The molecule has 0 aliphatic heterocycles. The average molecular weight is 178 g/mol. The Balaban J connectivity index is 2.95. The molecule has 0 aromatic carbocycles. The van der Waals surface area contributed by atoms with Crippen molar-refractivity contribution < 1.29 is 14.3 Å². The summed E-state index contributed by atoms with van der Waals surface area (Å²) < 4.78 is 9.78. The second kappa shape index (κ2) is 7.88. The predicted octanol–water partition coefficient (Wildman–Crippen LogP) is 0.886. The topological polar surface area (TPSA) is 35.5 Å². The molecule has 0 saturated carbocycles. The van der Waals surface area contributed by atoms with Gasteiger partial charge in [0.05, 0.1) is 12.4 Å². The number of esters is 1. The molecule has 0 unspecified atom stereocenters. The van der Waals surface area contributed by atoms with Crippen LogP contribution in [0.4, 0.5) is 0 Å². The molecule has 0 amide bonds. The smallest absolute Gasteiger partial charge is 0.315 e. The lowest BCUT2D eigenvalue weighted by atomic mass is 10.5. The first-order valence-corrected chi connectivity index (χ1v) is 4.28. The summed E-state index contributed by atoms with van der Waals surface area (Å²) in [7, 11) is 0. The van der Waals surface area contributed by atoms with Crippen LogP contribution in [-0.4, -0.2) is 31.5 Å². The van der Waals surface area contributed by atoms with Crippen LogP contribution in [0, 0.1) is 0 Å². The van der Waals surface area contributed by atoms with Crippen molar-refractivity contribution in [3.05, 3.63) is 0 Å². The molecular weight excluding hydrogens is 164 g/mol. The highest BCUT2D eigenvalue weighted by atomic mass is 32.1. The number of rotatable bonds is 6. The van der Waals surface area contributed by atoms with Crippen LogP contribution in [0.15, 0.2) is 0 Å². The van der Waals surface area contributed by atoms with Crippen molar-refractivity contribution in [1.29, 1.82) is 0 Å². The van der Waals surface area contributed by atoms with E-state index in [0.29, 0.717) is 19.8 Å². The minimum Gasteiger partial charge on any atom is -0.465 e. The quantitative estimate of drug-likeness (QED) is 0.372. The lowest BCUT2D eigenvalue weighted by Crippen LogP contribution is -2.08. The van der Waals surface area contributed by atoms with E-state index in [4.69, 9.17) is 9.47 Å². The fourth-order valence-electron chi connectivity index (χ4n) is 0.537. The van der Waals surface area contributed by atoms with Crippen molar-refractivity contribution in [2.24, 2.45) is 0 Å². The molecular formula is C7H14O3S. The van der Waals surface area contributed by atoms with Crippen molar-refractivity contribution in [1.82, 2.24) is 0 Å². The summed E-state index contributed by atoms with van der Waals surface area (Å²) in [6, 6.07) is 0. The van der Waals surface area contributed by atoms with Crippen LogP contribution in [0.25, 0.3) is 0 Å². The first-order valence-electron chi connectivity index (χ1n) is 3.65. The van der Waals surface area contributed by atoms with Gasteiger partial charge in [0, 0.05) is 19.6 Å². The summed E-state index contributed by atoms with van der Waals surface area (Å²) in [6.45, 7) is 3.72. The largest absolute Gasteiger partial charge is 0.465 e. The summed E-state index contributed by atoms with van der Waals surface area (Å²) in [5.74, 6) is -0.126. The van der Waals surface area contributed by atoms with Gasteiger partial charge in [-0.2, -0.15) is 12.6 Å². The highest BCUT2D eigenvalue weighted by Crippen LogP contribution is 1.87. The van der Waals surface area contributed by atoms with Crippen molar-refractivity contribution >= 4 is 18.6 Å². The van der Waals surface area contributed by atoms with Crippen LogP contribution >= 0.6 is 12.6 Å². The highest BCUT2D eigenvalue weighted by Gasteiger charge is 1.96. The molecule has 0 aliphatic rings. The molecule has 0 heterocycles. The van der Waals surface area contributed by atoms with E-state index in [-0.39, 0.29) is 11.7 Å². The number of ether oxygens (including phenoxy) is 2. The first-order chi connectivity index (χ1) is 5.31. The van der Waals surface area contributed by atoms with Gasteiger partial charge in [0.1, 0.15) is 0 Å². The Morgan fingerprint density at radius 1 is 1.45 bits per heavy atom. The van der Waals surface area contributed by atoms with Crippen LogP contribution in [0.3, 0.4) is 0 Å². The molecule has 0 radical (unpaired) electrons. The fourth-order valence-corrected chi connectivity index (χ4v) is 0.628. The fraction of sp³-hybridized carbons (Fsp3) is 0.857. The molecule has 66 valence electrons. The third-order valence-electron chi connectivity index (χ3n) is 1.03.